The van der Waals surface area contributed by atoms with E-state index in [4.69, 9.17) is 9.84 Å². The first-order valence-corrected chi connectivity index (χ1v) is 11.4. The minimum atomic E-state index is -1.13. The Labute approximate surface area is 191 Å². The van der Waals surface area contributed by atoms with Crippen molar-refractivity contribution in [2.75, 3.05) is 31.3 Å². The Hall–Kier alpha value is -2.75. The fraction of sp³-hybridized carbons (Fsp3) is 0.500. The molecule has 2 aromatic heterocycles. The SMILES string of the molecule is CC(c1ccc(F)cc1C1(O)COC1)N1C[C@H](C)N(n2cc3c(ccc(=O)n3C)n2)C[C@H]1C. The van der Waals surface area contributed by atoms with Gasteiger partial charge < -0.3 is 14.4 Å². The van der Waals surface area contributed by atoms with E-state index in [-0.39, 0.29) is 42.7 Å². The molecule has 2 saturated heterocycles. The van der Waals surface area contributed by atoms with Crippen molar-refractivity contribution >= 4 is 11.0 Å². The smallest absolute Gasteiger partial charge is 0.250 e. The summed E-state index contributed by atoms with van der Waals surface area (Å²) in [5, 5.41) is 17.8. The van der Waals surface area contributed by atoms with Gasteiger partial charge in [-0.15, -0.1) is 0 Å². The van der Waals surface area contributed by atoms with Gasteiger partial charge in [-0.05, 0) is 50.1 Å². The highest BCUT2D eigenvalue weighted by molar-refractivity contribution is 5.73. The molecular formula is C24H30FN5O3. The molecule has 0 bridgehead atoms. The number of ether oxygens (including phenoxy) is 1. The highest BCUT2D eigenvalue weighted by Gasteiger charge is 2.42. The molecule has 3 aromatic rings. The van der Waals surface area contributed by atoms with E-state index < -0.39 is 5.60 Å². The molecule has 1 unspecified atom stereocenters. The quantitative estimate of drug-likeness (QED) is 0.648. The maximum absolute atomic E-state index is 14.1. The van der Waals surface area contributed by atoms with Crippen molar-refractivity contribution in [3.8, 4) is 0 Å². The van der Waals surface area contributed by atoms with Gasteiger partial charge in [-0.1, -0.05) is 6.07 Å². The van der Waals surface area contributed by atoms with Crippen LogP contribution in [0.25, 0.3) is 11.0 Å². The van der Waals surface area contributed by atoms with Crippen LogP contribution in [-0.2, 0) is 17.4 Å². The summed E-state index contributed by atoms with van der Waals surface area (Å²) in [5.41, 5.74) is 1.92. The number of benzene rings is 1. The monoisotopic (exact) mass is 455 g/mol. The van der Waals surface area contributed by atoms with Crippen molar-refractivity contribution < 1.29 is 14.2 Å². The Kier molecular flexibility index (Phi) is 5.30. The van der Waals surface area contributed by atoms with Crippen LogP contribution in [0.3, 0.4) is 0 Å². The summed E-state index contributed by atoms with van der Waals surface area (Å²) in [6.45, 7) is 8.29. The third-order valence-electron chi connectivity index (χ3n) is 7.20. The van der Waals surface area contributed by atoms with Crippen molar-refractivity contribution in [3.63, 3.8) is 0 Å². The van der Waals surface area contributed by atoms with E-state index >= 15 is 0 Å². The van der Waals surface area contributed by atoms with Crippen molar-refractivity contribution in [3.05, 3.63) is 63.8 Å². The van der Waals surface area contributed by atoms with E-state index in [0.29, 0.717) is 5.56 Å². The number of rotatable bonds is 4. The second kappa shape index (κ2) is 7.93. The van der Waals surface area contributed by atoms with Gasteiger partial charge >= 0.3 is 0 Å². The van der Waals surface area contributed by atoms with Gasteiger partial charge in [-0.3, -0.25) is 14.7 Å². The lowest BCUT2D eigenvalue weighted by Crippen LogP contribution is -2.61. The van der Waals surface area contributed by atoms with Crippen LogP contribution < -0.4 is 10.6 Å². The van der Waals surface area contributed by atoms with Crippen molar-refractivity contribution in [1.29, 1.82) is 0 Å². The Morgan fingerprint density at radius 1 is 1.18 bits per heavy atom. The number of piperazine rings is 1. The number of aromatic nitrogens is 3. The summed E-state index contributed by atoms with van der Waals surface area (Å²) in [5.74, 6) is -0.354. The molecule has 0 spiro atoms. The molecule has 0 amide bonds. The van der Waals surface area contributed by atoms with Crippen molar-refractivity contribution in [2.45, 2.75) is 44.5 Å². The maximum Gasteiger partial charge on any atom is 0.250 e. The van der Waals surface area contributed by atoms with E-state index in [2.05, 4.69) is 30.7 Å². The largest absolute Gasteiger partial charge is 0.380 e. The first-order valence-electron chi connectivity index (χ1n) is 11.4. The predicted octanol–water partition coefficient (Wildman–Crippen LogP) is 1.88. The summed E-state index contributed by atoms with van der Waals surface area (Å²) in [7, 11) is 1.75. The van der Waals surface area contributed by atoms with Crippen LogP contribution in [0.5, 0.6) is 0 Å². The molecule has 8 nitrogen and oxygen atoms in total. The molecule has 4 heterocycles. The number of halogens is 1. The minimum absolute atomic E-state index is 0.0117. The van der Waals surface area contributed by atoms with E-state index in [1.54, 1.807) is 23.7 Å². The summed E-state index contributed by atoms with van der Waals surface area (Å²) >= 11 is 0. The zero-order chi connectivity index (χ0) is 23.5. The third-order valence-corrected chi connectivity index (χ3v) is 7.20. The van der Waals surface area contributed by atoms with Gasteiger partial charge in [-0.2, -0.15) is 9.89 Å². The number of hydrogen-bond acceptors (Lipinski definition) is 6. The van der Waals surface area contributed by atoms with E-state index in [9.17, 15) is 14.3 Å². The maximum atomic E-state index is 14.1. The van der Waals surface area contributed by atoms with E-state index in [0.717, 1.165) is 29.7 Å². The van der Waals surface area contributed by atoms with Gasteiger partial charge in [0.1, 0.15) is 16.9 Å². The number of pyridine rings is 1. The highest BCUT2D eigenvalue weighted by Crippen LogP contribution is 2.37. The molecule has 2 fully saturated rings. The molecule has 0 saturated carbocycles. The summed E-state index contributed by atoms with van der Waals surface area (Å²) in [4.78, 5) is 16.2. The lowest BCUT2D eigenvalue weighted by molar-refractivity contribution is -0.185. The van der Waals surface area contributed by atoms with Gasteiger partial charge in [-0.25, -0.2) is 4.39 Å². The third kappa shape index (κ3) is 3.64. The summed E-state index contributed by atoms with van der Waals surface area (Å²) < 4.78 is 20.9. The van der Waals surface area contributed by atoms with Crippen LogP contribution in [0, 0.1) is 5.82 Å². The highest BCUT2D eigenvalue weighted by atomic mass is 19.1. The van der Waals surface area contributed by atoms with Gasteiger partial charge in [0, 0.05) is 31.7 Å². The number of fused-ring (bicyclic) bond motifs is 1. The van der Waals surface area contributed by atoms with Crippen LogP contribution in [0.2, 0.25) is 0 Å². The molecule has 176 valence electrons. The zero-order valence-corrected chi connectivity index (χ0v) is 19.4. The molecule has 1 N–H and O–H groups in total. The number of hydrogen-bond donors (Lipinski definition) is 1. The zero-order valence-electron chi connectivity index (χ0n) is 19.4. The Bertz CT molecular complexity index is 1250. The molecule has 0 aliphatic carbocycles. The molecular weight excluding hydrogens is 425 g/mol. The number of aryl methyl sites for hydroxylation is 1. The lowest BCUT2D eigenvalue weighted by atomic mass is 9.85. The van der Waals surface area contributed by atoms with Gasteiger partial charge in [0.15, 0.2) is 0 Å². The molecule has 3 atom stereocenters. The van der Waals surface area contributed by atoms with Crippen LogP contribution in [0.15, 0.2) is 41.3 Å². The molecule has 9 heteroatoms. The van der Waals surface area contributed by atoms with E-state index in [1.165, 1.54) is 18.2 Å². The Balaban J connectivity index is 1.41. The second-order valence-corrected chi connectivity index (χ2v) is 9.50. The van der Waals surface area contributed by atoms with Gasteiger partial charge in [0.2, 0.25) is 0 Å². The molecule has 2 aliphatic rings. The topological polar surface area (TPSA) is 75.8 Å². The first kappa shape index (κ1) is 22.1. The molecule has 2 aliphatic heterocycles. The van der Waals surface area contributed by atoms with Crippen LogP contribution in [0.4, 0.5) is 4.39 Å². The average molecular weight is 456 g/mol. The fourth-order valence-corrected chi connectivity index (χ4v) is 5.14. The Morgan fingerprint density at radius 3 is 2.64 bits per heavy atom. The van der Waals surface area contributed by atoms with Crippen molar-refractivity contribution in [2.24, 2.45) is 7.05 Å². The second-order valence-electron chi connectivity index (χ2n) is 9.50. The summed E-state index contributed by atoms with van der Waals surface area (Å²) in [6, 6.07) is 8.29. The van der Waals surface area contributed by atoms with Gasteiger partial charge in [0.25, 0.3) is 5.56 Å². The lowest BCUT2D eigenvalue weighted by Gasteiger charge is -2.48. The summed E-state index contributed by atoms with van der Waals surface area (Å²) in [6.07, 6.45) is 1.91. The number of nitrogens with zero attached hydrogens (tertiary/aromatic N) is 5. The standard InChI is InChI=1S/C24H30FN5O3/c1-15-11-29(30-12-22-21(26-30)7-8-23(31)27(22)4)16(2)10-28(15)17(3)19-6-5-18(25)9-20(19)24(32)13-33-14-24/h5-9,12,15-17,32H,10-11,13-14H2,1-4H3/t15-,16+,17?/m1/s1. The minimum Gasteiger partial charge on any atom is -0.380 e. The predicted molar refractivity (Wildman–Crippen MR) is 123 cm³/mol. The van der Waals surface area contributed by atoms with Crippen LogP contribution in [-0.4, -0.2) is 62.8 Å². The molecule has 33 heavy (non-hydrogen) atoms. The van der Waals surface area contributed by atoms with E-state index in [1.807, 2.05) is 11.0 Å². The molecule has 1 aromatic carbocycles. The first-order chi connectivity index (χ1) is 15.7. The fourth-order valence-electron chi connectivity index (χ4n) is 5.14. The molecule has 0 radical (unpaired) electrons. The normalized spacial score (nSPS) is 24.1. The van der Waals surface area contributed by atoms with Gasteiger partial charge in [0.05, 0.1) is 37.5 Å². The van der Waals surface area contributed by atoms with Crippen LogP contribution >= 0.6 is 0 Å². The Morgan fingerprint density at radius 2 is 1.94 bits per heavy atom. The van der Waals surface area contributed by atoms with Crippen LogP contribution in [0.1, 0.15) is 37.9 Å². The molecule has 5 rings (SSSR count). The average Bonchev–Trinajstić information content (AvgIpc) is 3.20. The van der Waals surface area contributed by atoms with Crippen molar-refractivity contribution in [1.82, 2.24) is 19.4 Å². The number of aliphatic hydroxyl groups is 1.